The summed E-state index contributed by atoms with van der Waals surface area (Å²) >= 11 is 0. The van der Waals surface area contributed by atoms with E-state index in [0.29, 0.717) is 13.0 Å². The van der Waals surface area contributed by atoms with E-state index in [1.54, 1.807) is 17.0 Å². The van der Waals surface area contributed by atoms with Gasteiger partial charge in [0.15, 0.2) is 0 Å². The van der Waals surface area contributed by atoms with Crippen molar-refractivity contribution in [3.63, 3.8) is 0 Å². The van der Waals surface area contributed by atoms with Gasteiger partial charge in [-0.25, -0.2) is 12.7 Å². The Hall–Kier alpha value is -3.20. The Balaban J connectivity index is 1.73. The van der Waals surface area contributed by atoms with Crippen LogP contribution in [0.25, 0.3) is 0 Å². The Morgan fingerprint density at radius 3 is 2.33 bits per heavy atom. The van der Waals surface area contributed by atoms with E-state index in [1.807, 2.05) is 52.0 Å². The van der Waals surface area contributed by atoms with Crippen molar-refractivity contribution in [1.29, 1.82) is 0 Å². The van der Waals surface area contributed by atoms with Crippen LogP contribution in [0.4, 0.5) is 0 Å². The van der Waals surface area contributed by atoms with Crippen molar-refractivity contribution in [2.75, 3.05) is 13.1 Å². The first kappa shape index (κ1) is 27.4. The third kappa shape index (κ3) is 6.13. The van der Waals surface area contributed by atoms with Gasteiger partial charge in [0.25, 0.3) is 15.9 Å². The predicted molar refractivity (Wildman–Crippen MR) is 138 cm³/mol. The number of carbonyl (C=O) groups excluding carboxylic acids is 3. The van der Waals surface area contributed by atoms with E-state index >= 15 is 0 Å². The maximum absolute atomic E-state index is 13.4. The lowest BCUT2D eigenvalue weighted by atomic mass is 10.1. The normalized spacial score (nSPS) is 15.0. The summed E-state index contributed by atoms with van der Waals surface area (Å²) in [7, 11) is -3.92. The lowest BCUT2D eigenvalue weighted by molar-refractivity contribution is -0.141. The summed E-state index contributed by atoms with van der Waals surface area (Å²) in [6, 6.07) is 13.2. The Morgan fingerprint density at radius 1 is 1.06 bits per heavy atom. The summed E-state index contributed by atoms with van der Waals surface area (Å²) in [6.45, 7) is 8.52. The van der Waals surface area contributed by atoms with Gasteiger partial charge in [-0.1, -0.05) is 62.7 Å². The molecule has 194 valence electrons. The van der Waals surface area contributed by atoms with Crippen LogP contribution in [0.3, 0.4) is 0 Å². The second-order valence-corrected chi connectivity index (χ2v) is 11.4. The summed E-state index contributed by atoms with van der Waals surface area (Å²) in [6.07, 6.45) is 0.609. The number of benzene rings is 2. The first-order valence-electron chi connectivity index (χ1n) is 12.3. The molecule has 36 heavy (non-hydrogen) atoms. The highest BCUT2D eigenvalue weighted by molar-refractivity contribution is 7.90. The number of carbonyl (C=O) groups is 3. The molecule has 0 radical (unpaired) electrons. The molecule has 0 bridgehead atoms. The van der Waals surface area contributed by atoms with Crippen molar-refractivity contribution in [3.05, 3.63) is 65.2 Å². The lowest BCUT2D eigenvalue weighted by Crippen LogP contribution is -2.49. The average molecular weight is 514 g/mol. The Morgan fingerprint density at radius 2 is 1.72 bits per heavy atom. The number of aryl methyl sites for hydroxylation is 1. The zero-order chi connectivity index (χ0) is 26.5. The van der Waals surface area contributed by atoms with Crippen molar-refractivity contribution < 1.29 is 22.8 Å². The molecule has 0 unspecified atom stereocenters. The topological polar surface area (TPSA) is 104 Å². The maximum Gasteiger partial charge on any atom is 0.269 e. The van der Waals surface area contributed by atoms with E-state index < -0.39 is 22.0 Å². The standard InChI is InChI=1S/C27H35N3O5S/c1-5-23(26(32)28-17-19(2)3)29(18-21-14-12-20(4)13-15-21)25(31)11-8-16-30-27(33)22-9-6-7-10-24(22)36(30,34)35/h6-7,9-10,12-15,19,23H,5,8,11,16-18H2,1-4H3,(H,28,32)/t23-/m1/s1. The maximum atomic E-state index is 13.4. The van der Waals surface area contributed by atoms with Gasteiger partial charge in [-0.2, -0.15) is 0 Å². The van der Waals surface area contributed by atoms with Crippen LogP contribution in [0.15, 0.2) is 53.4 Å². The van der Waals surface area contributed by atoms with Crippen LogP contribution in [-0.2, 0) is 26.2 Å². The molecule has 1 aliphatic rings. The van der Waals surface area contributed by atoms with Crippen LogP contribution in [0.5, 0.6) is 0 Å². The van der Waals surface area contributed by atoms with Gasteiger partial charge in [0, 0.05) is 26.1 Å². The minimum Gasteiger partial charge on any atom is -0.354 e. The molecule has 0 aromatic heterocycles. The number of nitrogens with zero attached hydrogens (tertiary/aromatic N) is 2. The molecule has 0 aliphatic carbocycles. The minimum atomic E-state index is -3.92. The molecular formula is C27H35N3O5S. The predicted octanol–water partition coefficient (Wildman–Crippen LogP) is 3.50. The number of amides is 3. The van der Waals surface area contributed by atoms with Crippen LogP contribution in [0, 0.1) is 12.8 Å². The Bertz CT molecular complexity index is 1210. The lowest BCUT2D eigenvalue weighted by Gasteiger charge is -2.31. The fourth-order valence-corrected chi connectivity index (χ4v) is 5.81. The fourth-order valence-electron chi connectivity index (χ4n) is 4.20. The highest BCUT2D eigenvalue weighted by atomic mass is 32.2. The van der Waals surface area contributed by atoms with E-state index in [2.05, 4.69) is 5.32 Å². The number of rotatable bonds is 11. The molecular weight excluding hydrogens is 478 g/mol. The van der Waals surface area contributed by atoms with Crippen molar-refractivity contribution in [1.82, 2.24) is 14.5 Å². The van der Waals surface area contributed by atoms with Crippen LogP contribution in [0.2, 0.25) is 0 Å². The minimum absolute atomic E-state index is 0.00445. The second kappa shape index (κ2) is 11.7. The molecule has 2 aromatic rings. The number of hydrogen-bond acceptors (Lipinski definition) is 5. The third-order valence-corrected chi connectivity index (χ3v) is 8.05. The SMILES string of the molecule is CC[C@H](C(=O)NCC(C)C)N(Cc1ccc(C)cc1)C(=O)CCCN1C(=O)c2ccccc2S1(=O)=O. The van der Waals surface area contributed by atoms with E-state index in [0.717, 1.165) is 15.4 Å². The van der Waals surface area contributed by atoms with Crippen LogP contribution in [-0.4, -0.2) is 54.5 Å². The van der Waals surface area contributed by atoms with E-state index in [1.165, 1.54) is 12.1 Å². The Kier molecular flexibility index (Phi) is 8.89. The highest BCUT2D eigenvalue weighted by Gasteiger charge is 2.40. The largest absolute Gasteiger partial charge is 0.354 e. The summed E-state index contributed by atoms with van der Waals surface area (Å²) in [5.74, 6) is -0.770. The fraction of sp³-hybridized carbons (Fsp3) is 0.444. The summed E-state index contributed by atoms with van der Waals surface area (Å²) in [5, 5.41) is 2.93. The first-order chi connectivity index (χ1) is 17.1. The second-order valence-electron chi connectivity index (χ2n) is 9.55. The van der Waals surface area contributed by atoms with Crippen LogP contribution >= 0.6 is 0 Å². The number of nitrogens with one attached hydrogen (secondary N) is 1. The van der Waals surface area contributed by atoms with Gasteiger partial charge in [-0.05, 0) is 43.4 Å². The van der Waals surface area contributed by atoms with Gasteiger partial charge >= 0.3 is 0 Å². The van der Waals surface area contributed by atoms with Gasteiger partial charge in [0.1, 0.15) is 10.9 Å². The van der Waals surface area contributed by atoms with Gasteiger partial charge in [0.05, 0.1) is 5.56 Å². The average Bonchev–Trinajstić information content (AvgIpc) is 3.04. The number of hydrogen-bond donors (Lipinski definition) is 1. The first-order valence-corrected chi connectivity index (χ1v) is 13.8. The van der Waals surface area contributed by atoms with E-state index in [-0.39, 0.29) is 54.1 Å². The van der Waals surface area contributed by atoms with Gasteiger partial charge in [0.2, 0.25) is 11.8 Å². The number of fused-ring (bicyclic) bond motifs is 1. The van der Waals surface area contributed by atoms with Gasteiger partial charge in [-0.15, -0.1) is 0 Å². The molecule has 0 saturated heterocycles. The molecule has 0 fully saturated rings. The molecule has 0 saturated carbocycles. The van der Waals surface area contributed by atoms with E-state index in [9.17, 15) is 22.8 Å². The monoisotopic (exact) mass is 513 g/mol. The molecule has 1 aliphatic heterocycles. The molecule has 3 amide bonds. The number of sulfonamides is 1. The summed E-state index contributed by atoms with van der Waals surface area (Å²) < 4.78 is 26.4. The van der Waals surface area contributed by atoms with E-state index in [4.69, 9.17) is 0 Å². The van der Waals surface area contributed by atoms with Crippen molar-refractivity contribution in [2.45, 2.75) is 64.4 Å². The molecule has 1 N–H and O–H groups in total. The molecule has 9 heteroatoms. The zero-order valence-corrected chi connectivity index (χ0v) is 22.2. The highest BCUT2D eigenvalue weighted by Crippen LogP contribution is 2.30. The summed E-state index contributed by atoms with van der Waals surface area (Å²) in [4.78, 5) is 40.6. The van der Waals surface area contributed by atoms with Crippen molar-refractivity contribution in [3.8, 4) is 0 Å². The quantitative estimate of drug-likeness (QED) is 0.495. The Labute approximate surface area is 213 Å². The van der Waals surface area contributed by atoms with Gasteiger partial charge in [-0.3, -0.25) is 14.4 Å². The van der Waals surface area contributed by atoms with Crippen LogP contribution < -0.4 is 5.32 Å². The van der Waals surface area contributed by atoms with Crippen molar-refractivity contribution >= 4 is 27.7 Å². The molecule has 3 rings (SSSR count). The van der Waals surface area contributed by atoms with Crippen LogP contribution in [0.1, 0.15) is 61.5 Å². The summed E-state index contributed by atoms with van der Waals surface area (Å²) in [5.41, 5.74) is 2.14. The smallest absolute Gasteiger partial charge is 0.269 e. The van der Waals surface area contributed by atoms with Gasteiger partial charge < -0.3 is 10.2 Å². The third-order valence-electron chi connectivity index (χ3n) is 6.21. The molecule has 8 nitrogen and oxygen atoms in total. The molecule has 1 atom stereocenters. The zero-order valence-electron chi connectivity index (χ0n) is 21.4. The molecule has 1 heterocycles. The molecule has 2 aromatic carbocycles. The van der Waals surface area contributed by atoms with Crippen molar-refractivity contribution in [2.24, 2.45) is 5.92 Å². The molecule has 0 spiro atoms.